The second kappa shape index (κ2) is 6.36. The van der Waals surface area contributed by atoms with Crippen LogP contribution in [0.2, 0.25) is 0 Å². The maximum atomic E-state index is 8.97. The Balaban J connectivity index is 2.17. The number of rotatable bonds is 4. The van der Waals surface area contributed by atoms with E-state index in [-0.39, 0.29) is 0 Å². The SMILES string of the molecule is COc1ccc(C#N)cc1CSc1ccc(N)c(C)c1. The number of nitrogens with zero attached hydrogens (tertiary/aromatic N) is 1. The van der Waals surface area contributed by atoms with Gasteiger partial charge in [0.15, 0.2) is 0 Å². The first-order valence-corrected chi connectivity index (χ1v) is 7.18. The lowest BCUT2D eigenvalue weighted by Crippen LogP contribution is -1.92. The van der Waals surface area contributed by atoms with Gasteiger partial charge in [-0.25, -0.2) is 0 Å². The van der Waals surface area contributed by atoms with Gasteiger partial charge in [-0.15, -0.1) is 11.8 Å². The first kappa shape index (κ1) is 14.3. The second-order valence-electron chi connectivity index (χ2n) is 4.45. The highest BCUT2D eigenvalue weighted by Crippen LogP contribution is 2.30. The number of nitrogens with two attached hydrogens (primary N) is 1. The fourth-order valence-electron chi connectivity index (χ4n) is 1.86. The van der Waals surface area contributed by atoms with Gasteiger partial charge in [-0.3, -0.25) is 0 Å². The molecule has 0 aromatic heterocycles. The molecule has 2 aromatic carbocycles. The molecule has 0 saturated carbocycles. The number of aryl methyl sites for hydroxylation is 1. The summed E-state index contributed by atoms with van der Waals surface area (Å²) < 4.78 is 5.33. The quantitative estimate of drug-likeness (QED) is 0.686. The van der Waals surface area contributed by atoms with E-state index in [2.05, 4.69) is 12.1 Å². The molecule has 0 heterocycles. The first-order chi connectivity index (χ1) is 9.63. The number of methoxy groups -OCH3 is 1. The maximum Gasteiger partial charge on any atom is 0.122 e. The van der Waals surface area contributed by atoms with Crippen molar-refractivity contribution >= 4 is 17.4 Å². The third-order valence-electron chi connectivity index (χ3n) is 3.05. The maximum absolute atomic E-state index is 8.97. The Kier molecular flexibility index (Phi) is 4.54. The average Bonchev–Trinajstić information content (AvgIpc) is 2.48. The number of hydrogen-bond donors (Lipinski definition) is 1. The molecular weight excluding hydrogens is 268 g/mol. The van der Waals surface area contributed by atoms with E-state index in [4.69, 9.17) is 15.7 Å². The van der Waals surface area contributed by atoms with Gasteiger partial charge in [0, 0.05) is 21.9 Å². The van der Waals surface area contributed by atoms with Gasteiger partial charge >= 0.3 is 0 Å². The molecule has 0 unspecified atom stereocenters. The van der Waals surface area contributed by atoms with Gasteiger partial charge in [-0.05, 0) is 48.9 Å². The molecule has 0 fully saturated rings. The molecule has 20 heavy (non-hydrogen) atoms. The molecule has 0 saturated heterocycles. The van der Waals surface area contributed by atoms with Crippen molar-refractivity contribution in [3.05, 3.63) is 53.1 Å². The normalized spacial score (nSPS) is 10.1. The third kappa shape index (κ3) is 3.25. The summed E-state index contributed by atoms with van der Waals surface area (Å²) in [5.41, 5.74) is 9.36. The summed E-state index contributed by atoms with van der Waals surface area (Å²) in [6.45, 7) is 2.00. The van der Waals surface area contributed by atoms with Crippen LogP contribution in [0.4, 0.5) is 5.69 Å². The van der Waals surface area contributed by atoms with Crippen LogP contribution in [0.25, 0.3) is 0 Å². The number of benzene rings is 2. The number of hydrogen-bond acceptors (Lipinski definition) is 4. The van der Waals surface area contributed by atoms with Gasteiger partial charge in [-0.2, -0.15) is 5.26 Å². The van der Waals surface area contributed by atoms with Crippen molar-refractivity contribution in [3.63, 3.8) is 0 Å². The average molecular weight is 284 g/mol. The summed E-state index contributed by atoms with van der Waals surface area (Å²) in [4.78, 5) is 1.15. The molecule has 0 radical (unpaired) electrons. The largest absolute Gasteiger partial charge is 0.496 e. The van der Waals surface area contributed by atoms with Crippen molar-refractivity contribution in [1.29, 1.82) is 5.26 Å². The van der Waals surface area contributed by atoms with Crippen molar-refractivity contribution in [2.45, 2.75) is 17.6 Å². The Labute approximate surface area is 123 Å². The lowest BCUT2D eigenvalue weighted by atomic mass is 10.1. The molecule has 0 bridgehead atoms. The standard InChI is InChI=1S/C16H16N2OS/c1-11-7-14(4-5-15(11)18)20-10-13-8-12(9-17)3-6-16(13)19-2/h3-8H,10,18H2,1-2H3. The van der Waals surface area contributed by atoms with Crippen LogP contribution < -0.4 is 10.5 Å². The third-order valence-corrected chi connectivity index (χ3v) is 4.09. The monoisotopic (exact) mass is 284 g/mol. The topological polar surface area (TPSA) is 59.0 Å². The van der Waals surface area contributed by atoms with E-state index in [9.17, 15) is 0 Å². The van der Waals surface area contributed by atoms with E-state index < -0.39 is 0 Å². The van der Waals surface area contributed by atoms with E-state index in [1.807, 2.05) is 31.2 Å². The van der Waals surface area contributed by atoms with Crippen molar-refractivity contribution in [2.75, 3.05) is 12.8 Å². The van der Waals surface area contributed by atoms with Crippen LogP contribution in [0, 0.1) is 18.3 Å². The zero-order chi connectivity index (χ0) is 14.5. The van der Waals surface area contributed by atoms with Crippen LogP contribution in [0.5, 0.6) is 5.75 Å². The Bertz CT molecular complexity index is 662. The zero-order valence-corrected chi connectivity index (χ0v) is 12.3. The van der Waals surface area contributed by atoms with Gasteiger partial charge in [-0.1, -0.05) is 0 Å². The van der Waals surface area contributed by atoms with Crippen LogP contribution in [-0.4, -0.2) is 7.11 Å². The molecule has 0 spiro atoms. The summed E-state index contributed by atoms with van der Waals surface area (Å²) in [5.74, 6) is 1.56. The number of thioether (sulfide) groups is 1. The highest BCUT2D eigenvalue weighted by atomic mass is 32.2. The summed E-state index contributed by atoms with van der Waals surface area (Å²) in [6.07, 6.45) is 0. The van der Waals surface area contributed by atoms with Gasteiger partial charge in [0.25, 0.3) is 0 Å². The van der Waals surface area contributed by atoms with Gasteiger partial charge in [0.2, 0.25) is 0 Å². The van der Waals surface area contributed by atoms with Gasteiger partial charge < -0.3 is 10.5 Å². The first-order valence-electron chi connectivity index (χ1n) is 6.20. The van der Waals surface area contributed by atoms with Gasteiger partial charge in [0.1, 0.15) is 5.75 Å². The fourth-order valence-corrected chi connectivity index (χ4v) is 2.83. The molecule has 0 atom stereocenters. The summed E-state index contributed by atoms with van der Waals surface area (Å²) in [5, 5.41) is 8.97. The zero-order valence-electron chi connectivity index (χ0n) is 11.5. The van der Waals surface area contributed by atoms with Crippen LogP contribution in [0.1, 0.15) is 16.7 Å². The van der Waals surface area contributed by atoms with Crippen LogP contribution in [0.15, 0.2) is 41.3 Å². The molecule has 2 aromatic rings. The minimum atomic E-state index is 0.648. The predicted molar refractivity (Wildman–Crippen MR) is 82.9 cm³/mol. The molecule has 102 valence electrons. The number of nitriles is 1. The molecule has 0 amide bonds. The Morgan fingerprint density at radius 1 is 1.25 bits per heavy atom. The Morgan fingerprint density at radius 3 is 2.70 bits per heavy atom. The van der Waals surface area contributed by atoms with Crippen LogP contribution >= 0.6 is 11.8 Å². The minimum absolute atomic E-state index is 0.648. The highest BCUT2D eigenvalue weighted by molar-refractivity contribution is 7.98. The smallest absolute Gasteiger partial charge is 0.122 e. The van der Waals surface area contributed by atoms with E-state index >= 15 is 0 Å². The molecule has 2 N–H and O–H groups in total. The molecule has 0 aliphatic heterocycles. The summed E-state index contributed by atoms with van der Waals surface area (Å²) in [7, 11) is 1.64. The number of anilines is 1. The van der Waals surface area contributed by atoms with E-state index in [0.717, 1.165) is 33.2 Å². The van der Waals surface area contributed by atoms with E-state index in [1.165, 1.54) is 0 Å². The highest BCUT2D eigenvalue weighted by Gasteiger charge is 2.06. The molecule has 0 aliphatic carbocycles. The molecule has 3 nitrogen and oxygen atoms in total. The number of ether oxygens (including phenoxy) is 1. The van der Waals surface area contributed by atoms with Crippen molar-refractivity contribution in [3.8, 4) is 11.8 Å². The van der Waals surface area contributed by atoms with E-state index in [0.29, 0.717) is 5.56 Å². The summed E-state index contributed by atoms with van der Waals surface area (Å²) in [6, 6.07) is 13.6. The molecule has 0 aliphatic rings. The van der Waals surface area contributed by atoms with Crippen molar-refractivity contribution in [2.24, 2.45) is 0 Å². The lowest BCUT2D eigenvalue weighted by molar-refractivity contribution is 0.411. The van der Waals surface area contributed by atoms with Crippen LogP contribution in [0.3, 0.4) is 0 Å². The Morgan fingerprint density at radius 2 is 2.05 bits per heavy atom. The Hall–Kier alpha value is -2.12. The van der Waals surface area contributed by atoms with Crippen molar-refractivity contribution in [1.82, 2.24) is 0 Å². The van der Waals surface area contributed by atoms with Crippen molar-refractivity contribution < 1.29 is 4.74 Å². The van der Waals surface area contributed by atoms with Gasteiger partial charge in [0.05, 0.1) is 18.7 Å². The molecule has 2 rings (SSSR count). The number of nitrogen functional groups attached to an aromatic ring is 1. The molecule has 4 heteroatoms. The van der Waals surface area contributed by atoms with E-state index in [1.54, 1.807) is 24.9 Å². The minimum Gasteiger partial charge on any atom is -0.496 e. The van der Waals surface area contributed by atoms with Crippen LogP contribution in [-0.2, 0) is 5.75 Å². The lowest BCUT2D eigenvalue weighted by Gasteiger charge is -2.09. The fraction of sp³-hybridized carbons (Fsp3) is 0.188. The summed E-state index contributed by atoms with van der Waals surface area (Å²) >= 11 is 1.70. The second-order valence-corrected chi connectivity index (χ2v) is 5.49. The molecular formula is C16H16N2OS. The predicted octanol–water partition coefficient (Wildman–Crippen LogP) is 3.75.